The SMILES string of the molecule is CCc1cc(CN)cc(CC)c1-c1c([S+](C)[O-])c(C(F)(F)F)nn(C)c1=O. The van der Waals surface area contributed by atoms with Gasteiger partial charge < -0.3 is 10.3 Å². The molecule has 0 amide bonds. The van der Waals surface area contributed by atoms with Crippen LogP contribution < -0.4 is 11.3 Å². The lowest BCUT2D eigenvalue weighted by Gasteiger charge is -2.20. The molecule has 0 saturated carbocycles. The predicted octanol–water partition coefficient (Wildman–Crippen LogP) is 2.79. The number of halogens is 3. The molecule has 148 valence electrons. The molecular weight excluding hydrogens is 379 g/mol. The number of rotatable bonds is 5. The second kappa shape index (κ2) is 8.04. The number of alkyl halides is 3. The van der Waals surface area contributed by atoms with Gasteiger partial charge in [0.1, 0.15) is 11.8 Å². The lowest BCUT2D eigenvalue weighted by atomic mass is 9.90. The molecule has 2 aromatic rings. The third-order valence-corrected chi connectivity index (χ3v) is 5.34. The predicted molar refractivity (Wildman–Crippen MR) is 98.9 cm³/mol. The minimum Gasteiger partial charge on any atom is -0.612 e. The van der Waals surface area contributed by atoms with Crippen LogP contribution in [0.5, 0.6) is 0 Å². The maximum Gasteiger partial charge on any atom is 0.440 e. The Labute approximate surface area is 158 Å². The second-order valence-electron chi connectivity index (χ2n) is 6.13. The highest BCUT2D eigenvalue weighted by Crippen LogP contribution is 2.39. The highest BCUT2D eigenvalue weighted by atomic mass is 32.2. The van der Waals surface area contributed by atoms with E-state index < -0.39 is 33.5 Å². The summed E-state index contributed by atoms with van der Waals surface area (Å²) in [5.41, 5.74) is 6.13. The van der Waals surface area contributed by atoms with Gasteiger partial charge in [-0.3, -0.25) is 4.79 Å². The van der Waals surface area contributed by atoms with Crippen LogP contribution in [0.3, 0.4) is 0 Å². The molecule has 0 radical (unpaired) electrons. The smallest absolute Gasteiger partial charge is 0.440 e. The third-order valence-electron chi connectivity index (χ3n) is 4.36. The highest BCUT2D eigenvalue weighted by molar-refractivity contribution is 7.90. The normalized spacial score (nSPS) is 13.1. The van der Waals surface area contributed by atoms with Crippen molar-refractivity contribution in [1.82, 2.24) is 9.78 Å². The second-order valence-corrected chi connectivity index (χ2v) is 7.45. The van der Waals surface area contributed by atoms with E-state index in [-0.39, 0.29) is 12.1 Å². The van der Waals surface area contributed by atoms with E-state index in [0.29, 0.717) is 34.2 Å². The molecule has 0 bridgehead atoms. The minimum atomic E-state index is -4.84. The quantitative estimate of drug-likeness (QED) is 0.781. The fraction of sp³-hybridized carbons (Fsp3) is 0.444. The molecule has 5 nitrogen and oxygen atoms in total. The van der Waals surface area contributed by atoms with Gasteiger partial charge in [-0.1, -0.05) is 26.0 Å². The molecule has 0 spiro atoms. The largest absolute Gasteiger partial charge is 0.612 e. The van der Waals surface area contributed by atoms with Gasteiger partial charge in [-0.2, -0.15) is 18.3 Å². The molecule has 1 aromatic heterocycles. The Bertz CT molecular complexity index is 883. The van der Waals surface area contributed by atoms with E-state index in [1.807, 2.05) is 13.8 Å². The number of benzene rings is 1. The molecule has 1 atom stereocenters. The van der Waals surface area contributed by atoms with E-state index >= 15 is 0 Å². The zero-order valence-corrected chi connectivity index (χ0v) is 16.4. The number of aryl methyl sites for hydroxylation is 3. The average molecular weight is 401 g/mol. The van der Waals surface area contributed by atoms with Crippen LogP contribution in [0.4, 0.5) is 13.2 Å². The summed E-state index contributed by atoms with van der Waals surface area (Å²) in [6.45, 7) is 3.96. The van der Waals surface area contributed by atoms with Crippen molar-refractivity contribution < 1.29 is 17.7 Å². The monoisotopic (exact) mass is 401 g/mol. The maximum atomic E-state index is 13.6. The molecule has 9 heteroatoms. The van der Waals surface area contributed by atoms with E-state index in [0.717, 1.165) is 18.9 Å². The summed E-state index contributed by atoms with van der Waals surface area (Å²) in [6.07, 6.45) is -2.74. The van der Waals surface area contributed by atoms with E-state index in [9.17, 15) is 22.5 Å². The molecule has 27 heavy (non-hydrogen) atoms. The molecular formula is C18H22F3N3O2S. The van der Waals surface area contributed by atoms with E-state index in [1.165, 1.54) is 0 Å². The van der Waals surface area contributed by atoms with Gasteiger partial charge >= 0.3 is 6.18 Å². The summed E-state index contributed by atoms with van der Waals surface area (Å²) < 4.78 is 53.7. The number of hydrogen-bond acceptors (Lipinski definition) is 4. The van der Waals surface area contributed by atoms with Crippen LogP contribution in [-0.4, -0.2) is 20.6 Å². The van der Waals surface area contributed by atoms with Crippen molar-refractivity contribution in [3.8, 4) is 11.1 Å². The van der Waals surface area contributed by atoms with Gasteiger partial charge in [-0.15, -0.1) is 0 Å². The summed E-state index contributed by atoms with van der Waals surface area (Å²) >= 11 is -2.07. The summed E-state index contributed by atoms with van der Waals surface area (Å²) in [5, 5.41) is 3.36. The fourth-order valence-corrected chi connectivity index (χ4v) is 4.05. The van der Waals surface area contributed by atoms with E-state index in [4.69, 9.17) is 5.73 Å². The zero-order valence-electron chi connectivity index (χ0n) is 15.6. The van der Waals surface area contributed by atoms with Crippen molar-refractivity contribution >= 4 is 11.2 Å². The molecule has 2 N–H and O–H groups in total. The van der Waals surface area contributed by atoms with Crippen LogP contribution in [0.1, 0.15) is 36.2 Å². The Morgan fingerprint density at radius 2 is 1.70 bits per heavy atom. The van der Waals surface area contributed by atoms with Crippen molar-refractivity contribution in [2.75, 3.05) is 6.26 Å². The Morgan fingerprint density at radius 3 is 2.07 bits per heavy atom. The maximum absolute atomic E-state index is 13.6. The summed E-state index contributed by atoms with van der Waals surface area (Å²) in [6, 6.07) is 3.56. The molecule has 1 unspecified atom stereocenters. The zero-order chi connectivity index (χ0) is 20.5. The van der Waals surface area contributed by atoms with Crippen LogP contribution in [0.15, 0.2) is 21.8 Å². The lowest BCUT2D eigenvalue weighted by molar-refractivity contribution is -0.144. The van der Waals surface area contributed by atoms with Gasteiger partial charge in [0.2, 0.25) is 5.69 Å². The van der Waals surface area contributed by atoms with E-state index in [1.54, 1.807) is 12.1 Å². The Kier molecular flexibility index (Phi) is 6.39. The molecule has 0 aliphatic heterocycles. The topological polar surface area (TPSA) is 84.0 Å². The molecule has 1 aromatic carbocycles. The van der Waals surface area contributed by atoms with Crippen LogP contribution in [-0.2, 0) is 43.8 Å². The molecule has 0 fully saturated rings. The van der Waals surface area contributed by atoms with Crippen LogP contribution in [0, 0.1) is 0 Å². The van der Waals surface area contributed by atoms with Gasteiger partial charge in [0.05, 0.1) is 0 Å². The average Bonchev–Trinajstić information content (AvgIpc) is 2.61. The molecule has 0 aliphatic rings. The van der Waals surface area contributed by atoms with Crippen molar-refractivity contribution in [2.45, 2.75) is 44.3 Å². The fourth-order valence-electron chi connectivity index (χ4n) is 3.14. The van der Waals surface area contributed by atoms with Crippen LogP contribution in [0.25, 0.3) is 11.1 Å². The van der Waals surface area contributed by atoms with Gasteiger partial charge in [-0.25, -0.2) is 4.68 Å². The van der Waals surface area contributed by atoms with Gasteiger partial charge in [0.15, 0.2) is 4.90 Å². The minimum absolute atomic E-state index is 0.196. The Morgan fingerprint density at radius 1 is 1.19 bits per heavy atom. The Hall–Kier alpha value is -1.84. The van der Waals surface area contributed by atoms with Gasteiger partial charge in [-0.05, 0) is 46.3 Å². The first kappa shape index (κ1) is 21.5. The van der Waals surface area contributed by atoms with E-state index in [2.05, 4.69) is 5.10 Å². The van der Waals surface area contributed by atoms with Gasteiger partial charge in [0.25, 0.3) is 5.56 Å². The first-order valence-electron chi connectivity index (χ1n) is 8.43. The number of nitrogens with two attached hydrogens (primary N) is 1. The van der Waals surface area contributed by atoms with Crippen molar-refractivity contribution in [1.29, 1.82) is 0 Å². The molecule has 1 heterocycles. The van der Waals surface area contributed by atoms with Gasteiger partial charge in [0, 0.05) is 13.6 Å². The number of aromatic nitrogens is 2. The van der Waals surface area contributed by atoms with Crippen molar-refractivity contribution in [2.24, 2.45) is 12.8 Å². The molecule has 2 rings (SSSR count). The first-order chi connectivity index (χ1) is 12.6. The summed E-state index contributed by atoms with van der Waals surface area (Å²) in [7, 11) is 1.16. The van der Waals surface area contributed by atoms with Crippen molar-refractivity contribution in [3.05, 3.63) is 44.9 Å². The molecule has 0 saturated heterocycles. The summed E-state index contributed by atoms with van der Waals surface area (Å²) in [5.74, 6) is 0. The number of nitrogens with zero attached hydrogens (tertiary/aromatic N) is 2. The van der Waals surface area contributed by atoms with Crippen LogP contribution in [0.2, 0.25) is 0 Å². The first-order valence-corrected chi connectivity index (χ1v) is 9.99. The lowest BCUT2D eigenvalue weighted by Crippen LogP contribution is -2.30. The summed E-state index contributed by atoms with van der Waals surface area (Å²) in [4.78, 5) is 12.3. The Balaban J connectivity index is 3.07. The van der Waals surface area contributed by atoms with Crippen LogP contribution >= 0.6 is 0 Å². The highest BCUT2D eigenvalue weighted by Gasteiger charge is 2.43. The number of hydrogen-bond donors (Lipinski definition) is 1. The third kappa shape index (κ3) is 4.04. The molecule has 0 aliphatic carbocycles. The standard InChI is InChI=1S/C18H22F3N3O2S/c1-5-11-7-10(9-22)8-12(6-2)13(11)14-15(27(4)26)16(18(19,20)21)23-24(3)17(14)25/h7-8H,5-6,9,22H2,1-4H3. The van der Waals surface area contributed by atoms with Crippen molar-refractivity contribution in [3.63, 3.8) is 0 Å².